The standard InChI is InChI=1S/C26H32F3N5O4.CH4/c1-38-22-5-3-21(4-6-22)32-16-14-31(15-17-32)11-10-25(35)33-12-8-19(9-13-33)30-20-2-7-24(34(36)37)23(18-20)26(27,28)29;/h2-7,18-19,30H,8-17H2,1H3;1H4. The summed E-state index contributed by atoms with van der Waals surface area (Å²) < 4.78 is 45.0. The second kappa shape index (κ2) is 13.0. The average Bonchev–Trinajstić information content (AvgIpc) is 2.92. The maximum absolute atomic E-state index is 13.3. The lowest BCUT2D eigenvalue weighted by Gasteiger charge is -2.37. The van der Waals surface area contributed by atoms with Gasteiger partial charge in [-0.25, -0.2) is 0 Å². The SMILES string of the molecule is C.COc1ccc(N2CCN(CCC(=O)N3CCC(Nc4ccc([N+](=O)[O-])c(C(F)(F)F)c4)CC3)CC2)cc1. The van der Waals surface area contributed by atoms with Crippen LogP contribution in [0.15, 0.2) is 42.5 Å². The molecule has 2 heterocycles. The van der Waals surface area contributed by atoms with Crippen molar-refractivity contribution in [1.29, 1.82) is 0 Å². The van der Waals surface area contributed by atoms with Crippen molar-refractivity contribution in [3.05, 3.63) is 58.1 Å². The van der Waals surface area contributed by atoms with Crippen LogP contribution >= 0.6 is 0 Å². The number of rotatable bonds is 8. The Labute approximate surface area is 226 Å². The number of hydrogen-bond donors (Lipinski definition) is 1. The molecule has 1 amide bonds. The van der Waals surface area contributed by atoms with Gasteiger partial charge in [-0.3, -0.25) is 19.8 Å². The summed E-state index contributed by atoms with van der Waals surface area (Å²) in [7, 11) is 1.64. The van der Waals surface area contributed by atoms with Crippen molar-refractivity contribution in [3.63, 3.8) is 0 Å². The van der Waals surface area contributed by atoms with E-state index in [0.717, 1.165) is 49.7 Å². The van der Waals surface area contributed by atoms with Crippen molar-refractivity contribution in [1.82, 2.24) is 9.80 Å². The molecule has 0 aliphatic carbocycles. The second-order valence-corrected chi connectivity index (χ2v) is 9.56. The first-order valence-electron chi connectivity index (χ1n) is 12.7. The molecule has 2 aromatic rings. The Morgan fingerprint density at radius 3 is 2.26 bits per heavy atom. The molecule has 0 radical (unpaired) electrons. The third-order valence-electron chi connectivity index (χ3n) is 7.17. The van der Waals surface area contributed by atoms with Crippen molar-refractivity contribution in [3.8, 4) is 5.75 Å². The van der Waals surface area contributed by atoms with E-state index in [1.807, 2.05) is 29.2 Å². The number of piperazine rings is 1. The molecule has 2 aliphatic rings. The largest absolute Gasteiger partial charge is 0.497 e. The fraction of sp³-hybridized carbons (Fsp3) is 0.519. The molecule has 1 N–H and O–H groups in total. The van der Waals surface area contributed by atoms with Crippen molar-refractivity contribution in [2.24, 2.45) is 0 Å². The Bertz CT molecular complexity index is 1110. The molecular weight excluding hydrogens is 515 g/mol. The van der Waals surface area contributed by atoms with Crippen molar-refractivity contribution < 1.29 is 27.6 Å². The monoisotopic (exact) mass is 551 g/mol. The molecule has 0 spiro atoms. The van der Waals surface area contributed by atoms with Gasteiger partial charge in [0.15, 0.2) is 0 Å². The van der Waals surface area contributed by atoms with Crippen molar-refractivity contribution in [2.75, 3.05) is 63.1 Å². The maximum Gasteiger partial charge on any atom is 0.423 e. The Balaban J connectivity index is 0.00000420. The number of hydrogen-bond acceptors (Lipinski definition) is 7. The zero-order valence-corrected chi connectivity index (χ0v) is 21.2. The number of amides is 1. The van der Waals surface area contributed by atoms with Crippen LogP contribution in [0.5, 0.6) is 5.75 Å². The molecule has 39 heavy (non-hydrogen) atoms. The van der Waals surface area contributed by atoms with Crippen LogP contribution in [0.25, 0.3) is 0 Å². The van der Waals surface area contributed by atoms with Crippen LogP contribution in [0, 0.1) is 10.1 Å². The second-order valence-electron chi connectivity index (χ2n) is 9.56. The number of alkyl halides is 3. The molecule has 0 unspecified atom stereocenters. The van der Waals surface area contributed by atoms with Gasteiger partial charge in [0.1, 0.15) is 11.3 Å². The minimum Gasteiger partial charge on any atom is -0.497 e. The quantitative estimate of drug-likeness (QED) is 0.370. The highest BCUT2D eigenvalue weighted by molar-refractivity contribution is 5.76. The smallest absolute Gasteiger partial charge is 0.423 e. The van der Waals surface area contributed by atoms with E-state index in [-0.39, 0.29) is 25.1 Å². The summed E-state index contributed by atoms with van der Waals surface area (Å²) in [6.07, 6.45) is -3.22. The molecule has 2 aromatic carbocycles. The topological polar surface area (TPSA) is 91.2 Å². The molecule has 12 heteroatoms. The summed E-state index contributed by atoms with van der Waals surface area (Å²) in [6.45, 7) is 5.24. The van der Waals surface area contributed by atoms with Crippen molar-refractivity contribution >= 4 is 23.0 Å². The predicted octanol–water partition coefficient (Wildman–Crippen LogP) is 4.87. The lowest BCUT2D eigenvalue weighted by atomic mass is 10.0. The van der Waals surface area contributed by atoms with Gasteiger partial charge in [0.2, 0.25) is 5.91 Å². The fourth-order valence-corrected chi connectivity index (χ4v) is 4.96. The van der Waals surface area contributed by atoms with E-state index in [2.05, 4.69) is 15.1 Å². The molecule has 0 aromatic heterocycles. The molecule has 0 atom stereocenters. The molecule has 4 rings (SSSR count). The molecule has 214 valence electrons. The molecule has 2 aliphatic heterocycles. The molecule has 2 saturated heterocycles. The van der Waals surface area contributed by atoms with E-state index in [4.69, 9.17) is 4.74 Å². The van der Waals surface area contributed by atoms with E-state index in [1.165, 1.54) is 6.07 Å². The van der Waals surface area contributed by atoms with E-state index < -0.39 is 22.4 Å². The summed E-state index contributed by atoms with van der Waals surface area (Å²) in [4.78, 5) is 29.1. The highest BCUT2D eigenvalue weighted by Crippen LogP contribution is 2.38. The van der Waals surface area contributed by atoms with Crippen LogP contribution in [0.1, 0.15) is 32.3 Å². The molecule has 9 nitrogen and oxygen atoms in total. The van der Waals surface area contributed by atoms with Gasteiger partial charge in [-0.2, -0.15) is 13.2 Å². The van der Waals surface area contributed by atoms with Gasteiger partial charge in [-0.05, 0) is 49.2 Å². The van der Waals surface area contributed by atoms with Gasteiger partial charge in [0.05, 0.1) is 12.0 Å². The molecular formula is C27H36F3N5O4. The number of anilines is 2. The molecule has 0 bridgehead atoms. The van der Waals surface area contributed by atoms with Crippen LogP contribution in [0.4, 0.5) is 30.2 Å². The number of halogens is 3. The number of nitrogens with one attached hydrogen (secondary N) is 1. The number of benzene rings is 2. The van der Waals surface area contributed by atoms with Crippen molar-refractivity contribution in [2.45, 2.75) is 38.9 Å². The minimum atomic E-state index is -4.82. The summed E-state index contributed by atoms with van der Waals surface area (Å²) >= 11 is 0. The number of nitro groups is 1. The highest BCUT2D eigenvalue weighted by Gasteiger charge is 2.38. The predicted molar refractivity (Wildman–Crippen MR) is 144 cm³/mol. The van der Waals surface area contributed by atoms with Gasteiger partial charge in [0.25, 0.3) is 5.69 Å². The lowest BCUT2D eigenvalue weighted by molar-refractivity contribution is -0.388. The lowest BCUT2D eigenvalue weighted by Crippen LogP contribution is -2.48. The number of nitrogens with zero attached hydrogens (tertiary/aromatic N) is 4. The van der Waals surface area contributed by atoms with Gasteiger partial charge in [-0.1, -0.05) is 7.43 Å². The maximum atomic E-state index is 13.3. The summed E-state index contributed by atoms with van der Waals surface area (Å²) in [6, 6.07) is 10.8. The Morgan fingerprint density at radius 2 is 1.69 bits per heavy atom. The molecule has 2 fully saturated rings. The number of ether oxygens (including phenoxy) is 1. The first kappa shape index (κ1) is 30.0. The highest BCUT2D eigenvalue weighted by atomic mass is 19.4. The van der Waals surface area contributed by atoms with E-state index >= 15 is 0 Å². The van der Waals surface area contributed by atoms with E-state index in [1.54, 1.807) is 7.11 Å². The van der Waals surface area contributed by atoms with Gasteiger partial charge in [-0.15, -0.1) is 0 Å². The van der Waals surface area contributed by atoms with Crippen LogP contribution in [-0.4, -0.2) is 79.6 Å². The third-order valence-corrected chi connectivity index (χ3v) is 7.17. The number of likely N-dealkylation sites (tertiary alicyclic amines) is 1. The summed E-state index contributed by atoms with van der Waals surface area (Å²) in [5, 5.41) is 14.0. The first-order valence-corrected chi connectivity index (χ1v) is 12.7. The van der Waals surface area contributed by atoms with Crippen LogP contribution < -0.4 is 15.0 Å². The Hall–Kier alpha value is -3.54. The summed E-state index contributed by atoms with van der Waals surface area (Å²) in [5.74, 6) is 0.906. The number of piperidine rings is 1. The van der Waals surface area contributed by atoms with Crippen LogP contribution in [0.2, 0.25) is 0 Å². The summed E-state index contributed by atoms with van der Waals surface area (Å²) in [5.41, 5.74) is -0.904. The van der Waals surface area contributed by atoms with Crippen LogP contribution in [0.3, 0.4) is 0 Å². The first-order chi connectivity index (χ1) is 18.1. The normalized spacial score (nSPS) is 16.9. The van der Waals surface area contributed by atoms with Crippen LogP contribution in [-0.2, 0) is 11.0 Å². The number of nitro benzene ring substituents is 1. The van der Waals surface area contributed by atoms with Gasteiger partial charge >= 0.3 is 6.18 Å². The number of methoxy groups -OCH3 is 1. The molecule has 0 saturated carbocycles. The zero-order valence-electron chi connectivity index (χ0n) is 21.2. The third kappa shape index (κ3) is 7.75. The Morgan fingerprint density at radius 1 is 1.05 bits per heavy atom. The van der Waals surface area contributed by atoms with E-state index in [9.17, 15) is 28.1 Å². The Kier molecular flexibility index (Phi) is 10.0. The minimum absolute atomic E-state index is 0. The number of carbonyl (C=O) groups excluding carboxylic acids is 1. The average molecular weight is 552 g/mol. The van der Waals surface area contributed by atoms with Gasteiger partial charge in [0, 0.05) is 75.7 Å². The van der Waals surface area contributed by atoms with E-state index in [0.29, 0.717) is 38.9 Å². The fourth-order valence-electron chi connectivity index (χ4n) is 4.96. The van der Waals surface area contributed by atoms with Gasteiger partial charge < -0.3 is 19.9 Å². The zero-order chi connectivity index (χ0) is 27.3. The number of carbonyl (C=O) groups is 1.